The van der Waals surface area contributed by atoms with Gasteiger partial charge in [-0.2, -0.15) is 0 Å². The van der Waals surface area contributed by atoms with Gasteiger partial charge in [-0.1, -0.05) is 6.07 Å². The molecule has 2 aliphatic heterocycles. The van der Waals surface area contributed by atoms with E-state index in [-0.39, 0.29) is 29.8 Å². The molecule has 158 valence electrons. The van der Waals surface area contributed by atoms with E-state index in [2.05, 4.69) is 15.2 Å². The van der Waals surface area contributed by atoms with Crippen molar-refractivity contribution in [2.24, 2.45) is 10.7 Å². The van der Waals surface area contributed by atoms with Crippen LogP contribution in [0.1, 0.15) is 12.0 Å². The van der Waals surface area contributed by atoms with E-state index in [1.807, 2.05) is 17.0 Å². The van der Waals surface area contributed by atoms with Crippen molar-refractivity contribution >= 4 is 35.6 Å². The van der Waals surface area contributed by atoms with Gasteiger partial charge in [-0.05, 0) is 30.7 Å². The number of halogens is 2. The Morgan fingerprint density at radius 1 is 1.11 bits per heavy atom. The van der Waals surface area contributed by atoms with Gasteiger partial charge in [0.15, 0.2) is 5.96 Å². The van der Waals surface area contributed by atoms with Crippen LogP contribution in [-0.2, 0) is 16.0 Å². The minimum absolute atomic E-state index is 0. The van der Waals surface area contributed by atoms with Crippen molar-refractivity contribution < 1.29 is 13.9 Å². The maximum absolute atomic E-state index is 14.4. The van der Waals surface area contributed by atoms with E-state index >= 15 is 0 Å². The van der Waals surface area contributed by atoms with Gasteiger partial charge in [0.25, 0.3) is 0 Å². The van der Waals surface area contributed by atoms with Gasteiger partial charge in [-0.25, -0.2) is 9.38 Å². The average molecular weight is 507 g/mol. The molecule has 0 spiro atoms. The summed E-state index contributed by atoms with van der Waals surface area (Å²) in [6, 6.07) is 5.26. The Kier molecular flexibility index (Phi) is 10.2. The minimum atomic E-state index is -0.221. The molecule has 2 saturated heterocycles. The van der Waals surface area contributed by atoms with Gasteiger partial charge in [-0.3, -0.25) is 4.90 Å². The first-order chi connectivity index (χ1) is 13.2. The monoisotopic (exact) mass is 507 g/mol. The predicted molar refractivity (Wildman–Crippen MR) is 120 cm³/mol. The number of anilines is 1. The molecule has 0 radical (unpaired) electrons. The molecule has 0 saturated carbocycles. The number of morpholine rings is 2. The Balaban J connectivity index is 0.00000280. The number of hydrogen-bond donors (Lipinski definition) is 2. The summed E-state index contributed by atoms with van der Waals surface area (Å²) < 4.78 is 25.0. The highest BCUT2D eigenvalue weighted by atomic mass is 127. The summed E-state index contributed by atoms with van der Waals surface area (Å²) in [6.45, 7) is 8.50. The molecule has 0 amide bonds. The van der Waals surface area contributed by atoms with E-state index in [9.17, 15) is 4.39 Å². The van der Waals surface area contributed by atoms with Crippen molar-refractivity contribution in [3.63, 3.8) is 0 Å². The van der Waals surface area contributed by atoms with E-state index in [4.69, 9.17) is 15.2 Å². The van der Waals surface area contributed by atoms with Crippen LogP contribution in [0, 0.1) is 5.82 Å². The van der Waals surface area contributed by atoms with Crippen molar-refractivity contribution in [3.8, 4) is 0 Å². The lowest BCUT2D eigenvalue weighted by molar-refractivity contribution is 0.0376. The number of benzene rings is 1. The predicted octanol–water partition coefficient (Wildman–Crippen LogP) is 1.41. The molecule has 3 N–H and O–H groups in total. The summed E-state index contributed by atoms with van der Waals surface area (Å²) >= 11 is 0. The largest absolute Gasteiger partial charge is 0.379 e. The fraction of sp³-hybridized carbons (Fsp3) is 0.632. The number of hydrogen-bond acceptors (Lipinski definition) is 5. The summed E-state index contributed by atoms with van der Waals surface area (Å²) in [5.74, 6) is 0.177. The fourth-order valence-corrected chi connectivity index (χ4v) is 3.29. The van der Waals surface area contributed by atoms with Crippen LogP contribution in [0.15, 0.2) is 23.2 Å². The highest BCUT2D eigenvalue weighted by Gasteiger charge is 2.15. The lowest BCUT2D eigenvalue weighted by Gasteiger charge is -2.29. The summed E-state index contributed by atoms with van der Waals surface area (Å²) in [7, 11) is 0. The number of aliphatic imine (C=N–C) groups is 1. The molecule has 0 aliphatic carbocycles. The molecule has 7 nitrogen and oxygen atoms in total. The fourth-order valence-electron chi connectivity index (χ4n) is 3.29. The third-order valence-corrected chi connectivity index (χ3v) is 4.86. The molecule has 1 aromatic carbocycles. The second kappa shape index (κ2) is 12.4. The third-order valence-electron chi connectivity index (χ3n) is 4.86. The van der Waals surface area contributed by atoms with Crippen LogP contribution in [0.3, 0.4) is 0 Å². The average Bonchev–Trinajstić information content (AvgIpc) is 2.71. The van der Waals surface area contributed by atoms with Crippen molar-refractivity contribution in [1.29, 1.82) is 0 Å². The summed E-state index contributed by atoms with van der Waals surface area (Å²) in [5, 5.41) is 3.12. The molecule has 28 heavy (non-hydrogen) atoms. The van der Waals surface area contributed by atoms with Crippen molar-refractivity contribution in [2.45, 2.75) is 13.0 Å². The minimum Gasteiger partial charge on any atom is -0.379 e. The molecule has 0 atom stereocenters. The number of nitrogens with two attached hydrogens (primary N) is 1. The molecule has 0 unspecified atom stereocenters. The number of ether oxygens (including phenoxy) is 2. The second-order valence-electron chi connectivity index (χ2n) is 6.82. The maximum atomic E-state index is 14.4. The molecule has 1 aromatic rings. The SMILES string of the molecule is I.NC(=NCc1ccc(N2CCOCC2)c(F)c1)NCCCN1CCOCC1. The van der Waals surface area contributed by atoms with Gasteiger partial charge >= 0.3 is 0 Å². The smallest absolute Gasteiger partial charge is 0.188 e. The van der Waals surface area contributed by atoms with E-state index in [1.54, 1.807) is 6.07 Å². The molecule has 2 fully saturated rings. The topological polar surface area (TPSA) is 75.3 Å². The molecular weight excluding hydrogens is 476 g/mol. The molecule has 0 bridgehead atoms. The Labute approximate surface area is 183 Å². The first-order valence-corrected chi connectivity index (χ1v) is 9.67. The molecule has 3 rings (SSSR count). The zero-order chi connectivity index (χ0) is 18.9. The lowest BCUT2D eigenvalue weighted by Crippen LogP contribution is -2.39. The van der Waals surface area contributed by atoms with E-state index in [1.165, 1.54) is 0 Å². The number of nitrogens with zero attached hydrogens (tertiary/aromatic N) is 3. The van der Waals surface area contributed by atoms with Gasteiger partial charge < -0.3 is 25.4 Å². The highest BCUT2D eigenvalue weighted by molar-refractivity contribution is 14.0. The molecule has 0 aromatic heterocycles. The molecule has 9 heteroatoms. The standard InChI is InChI=1S/C19H30FN5O2.HI/c20-17-14-16(2-3-18(17)25-8-12-27-13-9-25)15-23-19(21)22-4-1-5-24-6-10-26-11-7-24;/h2-3,14H,1,4-13,15H2,(H3,21,22,23);1H. The molecule has 2 heterocycles. The lowest BCUT2D eigenvalue weighted by atomic mass is 10.1. The van der Waals surface area contributed by atoms with Crippen LogP contribution < -0.4 is 16.0 Å². The van der Waals surface area contributed by atoms with Gasteiger partial charge in [0.05, 0.1) is 38.7 Å². The van der Waals surface area contributed by atoms with Crippen LogP contribution in [-0.4, -0.2) is 76.6 Å². The van der Waals surface area contributed by atoms with Crippen LogP contribution >= 0.6 is 24.0 Å². The van der Waals surface area contributed by atoms with Crippen molar-refractivity contribution in [1.82, 2.24) is 10.2 Å². The van der Waals surface area contributed by atoms with Gasteiger partial charge in [0.2, 0.25) is 0 Å². The van der Waals surface area contributed by atoms with E-state index in [0.29, 0.717) is 31.4 Å². The van der Waals surface area contributed by atoms with Crippen LogP contribution in [0.2, 0.25) is 0 Å². The third kappa shape index (κ3) is 7.34. The van der Waals surface area contributed by atoms with E-state index in [0.717, 1.165) is 64.5 Å². The van der Waals surface area contributed by atoms with Gasteiger partial charge in [-0.15, -0.1) is 24.0 Å². The molecular formula is C19H31FIN5O2. The summed E-state index contributed by atoms with van der Waals surface area (Å²) in [4.78, 5) is 8.71. The zero-order valence-corrected chi connectivity index (χ0v) is 18.6. The maximum Gasteiger partial charge on any atom is 0.188 e. The Bertz CT molecular complexity index is 622. The van der Waals surface area contributed by atoms with Gasteiger partial charge in [0.1, 0.15) is 5.82 Å². The van der Waals surface area contributed by atoms with Crippen molar-refractivity contribution in [2.75, 3.05) is 70.6 Å². The second-order valence-corrected chi connectivity index (χ2v) is 6.82. The Morgan fingerprint density at radius 2 is 1.79 bits per heavy atom. The quantitative estimate of drug-likeness (QED) is 0.252. The Morgan fingerprint density at radius 3 is 2.46 bits per heavy atom. The molecule has 2 aliphatic rings. The van der Waals surface area contributed by atoms with E-state index < -0.39 is 0 Å². The van der Waals surface area contributed by atoms with Gasteiger partial charge in [0, 0.05) is 32.7 Å². The number of guanidine groups is 1. The van der Waals surface area contributed by atoms with Crippen molar-refractivity contribution in [3.05, 3.63) is 29.6 Å². The first kappa shape index (κ1) is 23.1. The van der Waals surface area contributed by atoms with Crippen LogP contribution in [0.5, 0.6) is 0 Å². The normalized spacial score (nSPS) is 18.6. The summed E-state index contributed by atoms with van der Waals surface area (Å²) in [5.41, 5.74) is 7.35. The number of nitrogens with one attached hydrogen (secondary N) is 1. The number of rotatable bonds is 7. The first-order valence-electron chi connectivity index (χ1n) is 9.67. The van der Waals surface area contributed by atoms with Crippen LogP contribution in [0.4, 0.5) is 10.1 Å². The summed E-state index contributed by atoms with van der Waals surface area (Å²) in [6.07, 6.45) is 0.999. The zero-order valence-electron chi connectivity index (χ0n) is 16.2. The van der Waals surface area contributed by atoms with Crippen LogP contribution in [0.25, 0.3) is 0 Å². The highest BCUT2D eigenvalue weighted by Crippen LogP contribution is 2.21. The Hall–Kier alpha value is -1.17.